The normalized spacial score (nSPS) is 15.0. The van der Waals surface area contributed by atoms with E-state index < -0.39 is 11.8 Å². The minimum absolute atomic E-state index is 0.383. The molecule has 2 heterocycles. The van der Waals surface area contributed by atoms with Gasteiger partial charge in [-0.1, -0.05) is 6.92 Å². The lowest BCUT2D eigenvalue weighted by molar-refractivity contribution is -0.0428. The molecule has 5 nitrogen and oxygen atoms in total. The molecule has 1 N–H and O–H groups in total. The molecule has 1 fully saturated rings. The number of nitrogens with zero attached hydrogens (tertiary/aromatic N) is 4. The molecule has 1 aliphatic rings. The Bertz CT molecular complexity index is 925. The van der Waals surface area contributed by atoms with Crippen molar-refractivity contribution >= 4 is 30.0 Å². The average molecular weight is 448 g/mol. The van der Waals surface area contributed by atoms with Gasteiger partial charge in [0.25, 0.3) is 0 Å². The van der Waals surface area contributed by atoms with Crippen LogP contribution in [-0.4, -0.2) is 34.1 Å². The summed E-state index contributed by atoms with van der Waals surface area (Å²) in [4.78, 5) is 18.9. The molecule has 0 spiro atoms. The molecule has 0 aliphatic heterocycles. The molecular formula is C23H31F2N5S. The van der Waals surface area contributed by atoms with Crippen molar-refractivity contribution in [3.63, 3.8) is 0 Å². The Balaban J connectivity index is 1.75. The summed E-state index contributed by atoms with van der Waals surface area (Å²) in [6.45, 7) is 10.8. The standard InChI is InChI=1S/C23H31F2N5S/c1-6-17(23(4,24)25)9-11-28-22-18(14(2)29-15(3)30-22)13-31-19-10-12-27-20(16-7-8-16)21(19)26-5/h10,12,16-17H,5-9,11,13H2,1-4H3,(H,28,29,30). The van der Waals surface area contributed by atoms with Crippen molar-refractivity contribution in [1.29, 1.82) is 0 Å². The molecule has 0 radical (unpaired) electrons. The molecule has 1 aliphatic carbocycles. The number of rotatable bonds is 11. The minimum atomic E-state index is -2.68. The van der Waals surface area contributed by atoms with E-state index in [0.29, 0.717) is 36.9 Å². The number of thioether (sulfide) groups is 1. The Labute approximate surface area is 187 Å². The van der Waals surface area contributed by atoms with E-state index in [0.717, 1.165) is 53.1 Å². The van der Waals surface area contributed by atoms with Gasteiger partial charge in [0, 0.05) is 46.5 Å². The molecule has 168 valence electrons. The lowest BCUT2D eigenvalue weighted by Crippen LogP contribution is -2.26. The molecule has 0 aromatic carbocycles. The van der Waals surface area contributed by atoms with Crippen molar-refractivity contribution in [1.82, 2.24) is 15.0 Å². The molecule has 0 saturated heterocycles. The second-order valence-electron chi connectivity index (χ2n) is 8.22. The number of aromatic nitrogens is 3. The Morgan fingerprint density at radius 1 is 1.32 bits per heavy atom. The first-order valence-electron chi connectivity index (χ1n) is 10.8. The molecule has 1 saturated carbocycles. The number of aliphatic imine (C=N–C) groups is 1. The molecule has 8 heteroatoms. The van der Waals surface area contributed by atoms with Gasteiger partial charge in [0.05, 0.1) is 11.4 Å². The zero-order valence-corrected chi connectivity index (χ0v) is 19.5. The lowest BCUT2D eigenvalue weighted by atomic mass is 9.96. The molecule has 0 bridgehead atoms. The fourth-order valence-electron chi connectivity index (χ4n) is 3.77. The van der Waals surface area contributed by atoms with Crippen molar-refractivity contribution in [2.45, 2.75) is 75.9 Å². The zero-order chi connectivity index (χ0) is 22.6. The highest BCUT2D eigenvalue weighted by Gasteiger charge is 2.32. The van der Waals surface area contributed by atoms with Gasteiger partial charge in [-0.15, -0.1) is 11.8 Å². The molecule has 1 atom stereocenters. The third kappa shape index (κ3) is 5.99. The third-order valence-electron chi connectivity index (χ3n) is 5.73. The highest BCUT2D eigenvalue weighted by Crippen LogP contribution is 2.46. The van der Waals surface area contributed by atoms with E-state index in [1.165, 1.54) is 0 Å². The van der Waals surface area contributed by atoms with Crippen LogP contribution in [0.1, 0.15) is 68.2 Å². The molecular weight excluding hydrogens is 416 g/mol. The van der Waals surface area contributed by atoms with Gasteiger partial charge >= 0.3 is 0 Å². The molecule has 0 amide bonds. The van der Waals surface area contributed by atoms with Gasteiger partial charge in [-0.2, -0.15) is 0 Å². The van der Waals surface area contributed by atoms with Gasteiger partial charge in [0.15, 0.2) is 0 Å². The van der Waals surface area contributed by atoms with Gasteiger partial charge in [-0.25, -0.2) is 18.7 Å². The summed E-state index contributed by atoms with van der Waals surface area (Å²) in [6.07, 6.45) is 4.96. The summed E-state index contributed by atoms with van der Waals surface area (Å²) in [5.74, 6) is -0.814. The van der Waals surface area contributed by atoms with E-state index in [1.807, 2.05) is 26.1 Å². The fourth-order valence-corrected chi connectivity index (χ4v) is 4.88. The van der Waals surface area contributed by atoms with Gasteiger partial charge in [-0.05, 0) is 59.2 Å². The third-order valence-corrected chi connectivity index (χ3v) is 6.80. The van der Waals surface area contributed by atoms with Crippen LogP contribution in [-0.2, 0) is 5.75 Å². The Kier molecular flexibility index (Phi) is 7.62. The zero-order valence-electron chi connectivity index (χ0n) is 18.7. The van der Waals surface area contributed by atoms with E-state index in [4.69, 9.17) is 0 Å². The Hall–Kier alpha value is -2.09. The summed E-state index contributed by atoms with van der Waals surface area (Å²) < 4.78 is 27.4. The van der Waals surface area contributed by atoms with Crippen molar-refractivity contribution in [2.24, 2.45) is 10.9 Å². The SMILES string of the molecule is C=Nc1c(SCc2c(C)nc(C)nc2NCCC(CC)C(C)(F)F)ccnc1C1CC1. The topological polar surface area (TPSA) is 63.1 Å². The second-order valence-corrected chi connectivity index (χ2v) is 9.24. The summed E-state index contributed by atoms with van der Waals surface area (Å²) in [5.41, 5.74) is 3.76. The fraction of sp³-hybridized carbons (Fsp3) is 0.565. The number of hydrogen-bond acceptors (Lipinski definition) is 6. The monoisotopic (exact) mass is 447 g/mol. The molecule has 2 aromatic rings. The van der Waals surface area contributed by atoms with E-state index >= 15 is 0 Å². The van der Waals surface area contributed by atoms with Crippen LogP contribution in [0.4, 0.5) is 20.3 Å². The van der Waals surface area contributed by atoms with Crippen LogP contribution in [0.15, 0.2) is 22.2 Å². The summed E-state index contributed by atoms with van der Waals surface area (Å²) in [6, 6.07) is 1.97. The maximum absolute atomic E-state index is 13.7. The number of pyridine rings is 1. The lowest BCUT2D eigenvalue weighted by Gasteiger charge is -2.22. The van der Waals surface area contributed by atoms with E-state index in [1.54, 1.807) is 18.7 Å². The highest BCUT2D eigenvalue weighted by molar-refractivity contribution is 7.98. The number of halogens is 2. The van der Waals surface area contributed by atoms with Crippen LogP contribution in [0.2, 0.25) is 0 Å². The molecule has 1 unspecified atom stereocenters. The number of hydrogen-bond donors (Lipinski definition) is 1. The smallest absolute Gasteiger partial charge is 0.248 e. The van der Waals surface area contributed by atoms with E-state index in [-0.39, 0.29) is 0 Å². The molecule has 31 heavy (non-hydrogen) atoms. The van der Waals surface area contributed by atoms with E-state index in [9.17, 15) is 8.78 Å². The van der Waals surface area contributed by atoms with Gasteiger partial charge in [0.1, 0.15) is 11.6 Å². The van der Waals surface area contributed by atoms with Crippen LogP contribution >= 0.6 is 11.8 Å². The predicted molar refractivity (Wildman–Crippen MR) is 124 cm³/mol. The van der Waals surface area contributed by atoms with Crippen LogP contribution in [0.3, 0.4) is 0 Å². The van der Waals surface area contributed by atoms with Gasteiger partial charge in [0.2, 0.25) is 5.92 Å². The van der Waals surface area contributed by atoms with Crippen LogP contribution < -0.4 is 5.32 Å². The summed E-state index contributed by atoms with van der Waals surface area (Å²) in [5, 5.41) is 3.29. The largest absolute Gasteiger partial charge is 0.370 e. The van der Waals surface area contributed by atoms with Crippen molar-refractivity contribution < 1.29 is 8.78 Å². The summed E-state index contributed by atoms with van der Waals surface area (Å²) >= 11 is 1.65. The van der Waals surface area contributed by atoms with E-state index in [2.05, 4.69) is 32.0 Å². The van der Waals surface area contributed by atoms with Crippen LogP contribution in [0.25, 0.3) is 0 Å². The maximum Gasteiger partial charge on any atom is 0.248 e. The average Bonchev–Trinajstić information content (AvgIpc) is 3.54. The van der Waals surface area contributed by atoms with Crippen molar-refractivity contribution in [2.75, 3.05) is 11.9 Å². The molecule has 3 rings (SSSR count). The quantitative estimate of drug-likeness (QED) is 0.316. The van der Waals surface area contributed by atoms with Crippen LogP contribution in [0, 0.1) is 19.8 Å². The van der Waals surface area contributed by atoms with Gasteiger partial charge in [-0.3, -0.25) is 9.98 Å². The first kappa shape index (κ1) is 23.6. The summed E-state index contributed by atoms with van der Waals surface area (Å²) in [7, 11) is 0. The molecule has 2 aromatic heterocycles. The number of alkyl halides is 2. The highest BCUT2D eigenvalue weighted by atomic mass is 32.2. The van der Waals surface area contributed by atoms with Crippen molar-refractivity contribution in [3.8, 4) is 0 Å². The van der Waals surface area contributed by atoms with Gasteiger partial charge < -0.3 is 5.32 Å². The minimum Gasteiger partial charge on any atom is -0.370 e. The maximum atomic E-state index is 13.7. The number of anilines is 1. The predicted octanol–water partition coefficient (Wildman–Crippen LogP) is 6.47. The van der Waals surface area contributed by atoms with Crippen LogP contribution in [0.5, 0.6) is 0 Å². The number of aryl methyl sites for hydroxylation is 2. The van der Waals surface area contributed by atoms with Crippen molar-refractivity contribution in [3.05, 3.63) is 35.0 Å². The first-order chi connectivity index (χ1) is 14.7. The Morgan fingerprint density at radius 3 is 2.68 bits per heavy atom. The number of nitrogens with one attached hydrogen (secondary N) is 1. The second kappa shape index (κ2) is 10.0. The Morgan fingerprint density at radius 2 is 2.06 bits per heavy atom. The first-order valence-corrected chi connectivity index (χ1v) is 11.8.